The lowest BCUT2D eigenvalue weighted by Crippen LogP contribution is -2.51. The highest BCUT2D eigenvalue weighted by Gasteiger charge is 2.24. The molecule has 1 fully saturated rings. The fourth-order valence-electron chi connectivity index (χ4n) is 3.12. The highest BCUT2D eigenvalue weighted by atomic mass is 32.2. The third kappa shape index (κ3) is 4.48. The number of carbonyl (C=O) groups is 1. The first-order chi connectivity index (χ1) is 12.8. The number of carbonyl (C=O) groups excluding carboxylic acids is 1. The lowest BCUT2D eigenvalue weighted by Gasteiger charge is -2.32. The Balaban J connectivity index is 1.87. The summed E-state index contributed by atoms with van der Waals surface area (Å²) in [7, 11) is -3.77. The van der Waals surface area contributed by atoms with Crippen molar-refractivity contribution in [3.63, 3.8) is 0 Å². The van der Waals surface area contributed by atoms with Crippen LogP contribution < -0.4 is 10.0 Å². The van der Waals surface area contributed by atoms with Gasteiger partial charge in [0, 0.05) is 36.9 Å². The number of benzene rings is 2. The van der Waals surface area contributed by atoms with Gasteiger partial charge in [0.15, 0.2) is 0 Å². The van der Waals surface area contributed by atoms with Gasteiger partial charge in [-0.25, -0.2) is 8.42 Å². The summed E-state index contributed by atoms with van der Waals surface area (Å²) in [5.41, 5.74) is 2.73. The number of hydrogen-bond donors (Lipinski definition) is 2. The molecule has 0 aliphatic carbocycles. The molecule has 0 spiro atoms. The maximum Gasteiger partial charge on any atom is 0.261 e. The van der Waals surface area contributed by atoms with E-state index in [1.54, 1.807) is 23.1 Å². The molecule has 1 amide bonds. The smallest absolute Gasteiger partial charge is 0.261 e. The molecule has 7 heteroatoms. The highest BCUT2D eigenvalue weighted by Crippen LogP contribution is 2.21. The Morgan fingerprint density at radius 3 is 2.52 bits per heavy atom. The molecule has 1 heterocycles. The minimum atomic E-state index is -3.77. The van der Waals surface area contributed by atoms with Crippen molar-refractivity contribution in [3.05, 3.63) is 59.2 Å². The van der Waals surface area contributed by atoms with E-state index in [0.29, 0.717) is 24.3 Å². The van der Waals surface area contributed by atoms with E-state index in [2.05, 4.69) is 10.0 Å². The Kier molecular flexibility index (Phi) is 5.53. The fourth-order valence-corrected chi connectivity index (χ4v) is 4.21. The highest BCUT2D eigenvalue weighted by molar-refractivity contribution is 7.92. The lowest BCUT2D eigenvalue weighted by atomic mass is 10.1. The van der Waals surface area contributed by atoms with E-state index < -0.39 is 10.0 Å². The van der Waals surface area contributed by atoms with Crippen LogP contribution in [0, 0.1) is 13.8 Å². The van der Waals surface area contributed by atoms with Gasteiger partial charge in [-0.15, -0.1) is 0 Å². The van der Waals surface area contributed by atoms with Gasteiger partial charge >= 0.3 is 0 Å². The van der Waals surface area contributed by atoms with Crippen molar-refractivity contribution in [2.24, 2.45) is 0 Å². The van der Waals surface area contributed by atoms with E-state index >= 15 is 0 Å². The molecule has 144 valence electrons. The zero-order valence-corrected chi connectivity index (χ0v) is 16.6. The summed E-state index contributed by atoms with van der Waals surface area (Å²) in [4.78, 5) is 14.8. The van der Waals surface area contributed by atoms with E-state index in [1.165, 1.54) is 12.1 Å². The lowest BCUT2D eigenvalue weighted by molar-refractivity contribution is 0.0708. The monoisotopic (exact) mass is 387 g/mol. The van der Waals surface area contributed by atoms with Gasteiger partial charge in [-0.1, -0.05) is 23.8 Å². The number of piperazine rings is 1. The third-order valence-corrected chi connectivity index (χ3v) is 6.09. The molecular weight excluding hydrogens is 362 g/mol. The van der Waals surface area contributed by atoms with Crippen LogP contribution in [0.1, 0.15) is 28.4 Å². The number of nitrogens with one attached hydrogen (secondary N) is 2. The zero-order valence-electron chi connectivity index (χ0n) is 15.8. The van der Waals surface area contributed by atoms with E-state index in [9.17, 15) is 13.2 Å². The molecule has 6 nitrogen and oxygen atoms in total. The Hall–Kier alpha value is -2.38. The Bertz CT molecular complexity index is 939. The van der Waals surface area contributed by atoms with Crippen LogP contribution in [0.3, 0.4) is 0 Å². The summed E-state index contributed by atoms with van der Waals surface area (Å²) in [5.74, 6) is -0.131. The summed E-state index contributed by atoms with van der Waals surface area (Å²) in [6.45, 7) is 7.74. The maximum atomic E-state index is 12.9. The number of amides is 1. The molecule has 3 rings (SSSR count). The predicted octanol–water partition coefficient (Wildman–Crippen LogP) is 2.54. The molecule has 1 saturated heterocycles. The minimum Gasteiger partial charge on any atom is -0.336 e. The number of rotatable bonds is 4. The molecule has 0 bridgehead atoms. The average Bonchev–Trinajstić information content (AvgIpc) is 2.63. The summed E-state index contributed by atoms with van der Waals surface area (Å²) in [5, 5.41) is 3.30. The number of anilines is 1. The minimum absolute atomic E-state index is 0.0835. The van der Waals surface area contributed by atoms with Gasteiger partial charge in [-0.2, -0.15) is 0 Å². The maximum absolute atomic E-state index is 12.9. The number of hydrogen-bond acceptors (Lipinski definition) is 4. The second-order valence-electron chi connectivity index (χ2n) is 7.05. The third-order valence-electron chi connectivity index (χ3n) is 4.71. The molecule has 2 N–H and O–H groups in total. The molecule has 1 aliphatic heterocycles. The largest absolute Gasteiger partial charge is 0.336 e. The van der Waals surface area contributed by atoms with Crippen LogP contribution >= 0.6 is 0 Å². The predicted molar refractivity (Wildman–Crippen MR) is 107 cm³/mol. The van der Waals surface area contributed by atoms with Crippen molar-refractivity contribution < 1.29 is 13.2 Å². The van der Waals surface area contributed by atoms with Crippen LogP contribution in [0.15, 0.2) is 47.4 Å². The average molecular weight is 388 g/mol. The van der Waals surface area contributed by atoms with Crippen LogP contribution in [-0.4, -0.2) is 44.9 Å². The Labute approximate surface area is 160 Å². The standard InChI is InChI=1S/C20H25N3O3S/c1-14-4-7-17(8-5-14)22-27(25,26)18-9-6-15(2)19(12-18)20(24)23-11-10-21-16(3)13-23/h4-9,12,16,21-22H,10-11,13H2,1-3H3. The topological polar surface area (TPSA) is 78.5 Å². The van der Waals surface area contributed by atoms with Crippen LogP contribution in [0.2, 0.25) is 0 Å². The van der Waals surface area contributed by atoms with E-state index in [4.69, 9.17) is 0 Å². The van der Waals surface area contributed by atoms with Crippen molar-refractivity contribution in [3.8, 4) is 0 Å². The van der Waals surface area contributed by atoms with Gasteiger partial charge in [-0.3, -0.25) is 9.52 Å². The number of aryl methyl sites for hydroxylation is 2. The van der Waals surface area contributed by atoms with Gasteiger partial charge in [0.25, 0.3) is 15.9 Å². The van der Waals surface area contributed by atoms with Crippen LogP contribution in [0.4, 0.5) is 5.69 Å². The summed E-state index contributed by atoms with van der Waals surface area (Å²) in [6, 6.07) is 12.0. The first kappa shape index (κ1) is 19.4. The molecule has 0 aromatic heterocycles. The normalized spacial score (nSPS) is 17.6. The zero-order chi connectivity index (χ0) is 19.6. The fraction of sp³-hybridized carbons (Fsp3) is 0.350. The molecule has 1 atom stereocenters. The number of sulfonamides is 1. The molecule has 0 radical (unpaired) electrons. The molecule has 0 saturated carbocycles. The molecule has 2 aromatic rings. The van der Waals surface area contributed by atoms with Crippen molar-refractivity contribution in [2.75, 3.05) is 24.4 Å². The summed E-state index contributed by atoms with van der Waals surface area (Å²) in [6.07, 6.45) is 0. The first-order valence-electron chi connectivity index (χ1n) is 8.99. The van der Waals surface area contributed by atoms with Crippen molar-refractivity contribution >= 4 is 21.6 Å². The second kappa shape index (κ2) is 7.70. The SMILES string of the molecule is Cc1ccc(NS(=O)(=O)c2ccc(C)c(C(=O)N3CCNC(C)C3)c2)cc1. The van der Waals surface area contributed by atoms with E-state index in [0.717, 1.165) is 17.7 Å². The van der Waals surface area contributed by atoms with Crippen LogP contribution in [0.25, 0.3) is 0 Å². The summed E-state index contributed by atoms with van der Waals surface area (Å²) < 4.78 is 28.1. The Morgan fingerprint density at radius 2 is 1.85 bits per heavy atom. The second-order valence-corrected chi connectivity index (χ2v) is 8.74. The number of nitrogens with zero attached hydrogens (tertiary/aromatic N) is 1. The molecule has 2 aromatic carbocycles. The summed E-state index contributed by atoms with van der Waals surface area (Å²) >= 11 is 0. The van der Waals surface area contributed by atoms with Crippen molar-refractivity contribution in [2.45, 2.75) is 31.7 Å². The molecule has 1 aliphatic rings. The van der Waals surface area contributed by atoms with Gasteiger partial charge in [0.05, 0.1) is 4.90 Å². The van der Waals surface area contributed by atoms with Crippen LogP contribution in [-0.2, 0) is 10.0 Å². The van der Waals surface area contributed by atoms with Gasteiger partial charge < -0.3 is 10.2 Å². The molecule has 1 unspecified atom stereocenters. The van der Waals surface area contributed by atoms with E-state index in [1.807, 2.05) is 32.9 Å². The van der Waals surface area contributed by atoms with Crippen molar-refractivity contribution in [1.82, 2.24) is 10.2 Å². The molecule has 27 heavy (non-hydrogen) atoms. The Morgan fingerprint density at radius 1 is 1.15 bits per heavy atom. The molecular formula is C20H25N3O3S. The van der Waals surface area contributed by atoms with Gasteiger partial charge in [-0.05, 0) is 50.6 Å². The van der Waals surface area contributed by atoms with Crippen LogP contribution in [0.5, 0.6) is 0 Å². The first-order valence-corrected chi connectivity index (χ1v) is 10.5. The van der Waals surface area contributed by atoms with Gasteiger partial charge in [0.1, 0.15) is 0 Å². The van der Waals surface area contributed by atoms with E-state index in [-0.39, 0.29) is 16.8 Å². The van der Waals surface area contributed by atoms with Crippen molar-refractivity contribution in [1.29, 1.82) is 0 Å². The quantitative estimate of drug-likeness (QED) is 0.845. The van der Waals surface area contributed by atoms with Gasteiger partial charge in [0.2, 0.25) is 0 Å².